The Bertz CT molecular complexity index is 798. The van der Waals surface area contributed by atoms with Gasteiger partial charge in [0, 0.05) is 11.8 Å². The molecule has 2 aromatic heterocycles. The Hall–Kier alpha value is -2.47. The SMILES string of the molecule is Nc1c(-c2cc(F)ccc2F)nc2ccc(CO)cn12. The molecule has 3 N–H and O–H groups in total. The second-order valence-corrected chi connectivity index (χ2v) is 4.39. The Morgan fingerprint density at radius 3 is 2.75 bits per heavy atom. The second kappa shape index (κ2) is 4.57. The third kappa shape index (κ3) is 1.90. The number of benzene rings is 1. The van der Waals surface area contributed by atoms with E-state index in [1.165, 1.54) is 4.40 Å². The average molecular weight is 275 g/mol. The zero-order valence-electron chi connectivity index (χ0n) is 10.3. The highest BCUT2D eigenvalue weighted by Gasteiger charge is 2.16. The Kier molecular flexibility index (Phi) is 2.87. The maximum atomic E-state index is 13.8. The van der Waals surface area contributed by atoms with Crippen LogP contribution >= 0.6 is 0 Å². The molecule has 0 bridgehead atoms. The van der Waals surface area contributed by atoms with Crippen LogP contribution in [0.15, 0.2) is 36.5 Å². The van der Waals surface area contributed by atoms with Crippen LogP contribution < -0.4 is 5.73 Å². The highest BCUT2D eigenvalue weighted by Crippen LogP contribution is 2.29. The fourth-order valence-corrected chi connectivity index (χ4v) is 2.08. The molecule has 3 aromatic rings. The van der Waals surface area contributed by atoms with E-state index < -0.39 is 11.6 Å². The van der Waals surface area contributed by atoms with Gasteiger partial charge in [-0.05, 0) is 29.8 Å². The largest absolute Gasteiger partial charge is 0.392 e. The molecule has 2 heterocycles. The van der Waals surface area contributed by atoms with Gasteiger partial charge in [-0.1, -0.05) is 6.07 Å². The Morgan fingerprint density at radius 1 is 1.20 bits per heavy atom. The lowest BCUT2D eigenvalue weighted by Gasteiger charge is -2.02. The molecule has 20 heavy (non-hydrogen) atoms. The molecule has 0 unspecified atom stereocenters. The van der Waals surface area contributed by atoms with Gasteiger partial charge in [0.2, 0.25) is 0 Å². The van der Waals surface area contributed by atoms with Gasteiger partial charge in [-0.25, -0.2) is 13.8 Å². The number of fused-ring (bicyclic) bond motifs is 1. The monoisotopic (exact) mass is 275 g/mol. The quantitative estimate of drug-likeness (QED) is 0.754. The van der Waals surface area contributed by atoms with Crippen molar-refractivity contribution in [1.82, 2.24) is 9.38 Å². The number of aliphatic hydroxyl groups is 1. The number of aromatic nitrogens is 2. The van der Waals surface area contributed by atoms with Crippen LogP contribution in [0.3, 0.4) is 0 Å². The van der Waals surface area contributed by atoms with E-state index in [1.54, 1.807) is 18.3 Å². The number of hydrogen-bond donors (Lipinski definition) is 2. The molecule has 0 amide bonds. The molecule has 0 saturated carbocycles. The van der Waals surface area contributed by atoms with Crippen molar-refractivity contribution in [2.75, 3.05) is 5.73 Å². The smallest absolute Gasteiger partial charge is 0.139 e. The summed E-state index contributed by atoms with van der Waals surface area (Å²) in [6.45, 7) is -0.142. The van der Waals surface area contributed by atoms with Gasteiger partial charge < -0.3 is 10.8 Å². The number of pyridine rings is 1. The lowest BCUT2D eigenvalue weighted by atomic mass is 10.1. The van der Waals surface area contributed by atoms with Crippen molar-refractivity contribution >= 4 is 11.5 Å². The highest BCUT2D eigenvalue weighted by molar-refractivity contribution is 5.75. The Labute approximate surface area is 113 Å². The summed E-state index contributed by atoms with van der Waals surface area (Å²) >= 11 is 0. The molecule has 0 saturated heterocycles. The molecule has 0 aliphatic rings. The fourth-order valence-electron chi connectivity index (χ4n) is 2.08. The van der Waals surface area contributed by atoms with Crippen molar-refractivity contribution in [1.29, 1.82) is 0 Å². The van der Waals surface area contributed by atoms with Gasteiger partial charge in [0.05, 0.1) is 6.61 Å². The molecule has 4 nitrogen and oxygen atoms in total. The predicted molar refractivity (Wildman–Crippen MR) is 70.9 cm³/mol. The van der Waals surface area contributed by atoms with E-state index in [2.05, 4.69) is 4.98 Å². The Morgan fingerprint density at radius 2 is 2.00 bits per heavy atom. The minimum absolute atomic E-state index is 0.0109. The average Bonchev–Trinajstić information content (AvgIpc) is 2.78. The van der Waals surface area contributed by atoms with Gasteiger partial charge in [0.25, 0.3) is 0 Å². The minimum Gasteiger partial charge on any atom is -0.392 e. The normalized spacial score (nSPS) is 11.2. The molecule has 0 spiro atoms. The first-order chi connectivity index (χ1) is 9.60. The number of imidazole rings is 1. The summed E-state index contributed by atoms with van der Waals surface area (Å²) in [7, 11) is 0. The number of nitrogen functional groups attached to an aromatic ring is 1. The van der Waals surface area contributed by atoms with Crippen molar-refractivity contribution in [3.05, 3.63) is 53.7 Å². The van der Waals surface area contributed by atoms with E-state index in [0.717, 1.165) is 18.2 Å². The lowest BCUT2D eigenvalue weighted by molar-refractivity contribution is 0.281. The number of aliphatic hydroxyl groups excluding tert-OH is 1. The van der Waals surface area contributed by atoms with Crippen LogP contribution in [0.4, 0.5) is 14.6 Å². The molecular weight excluding hydrogens is 264 g/mol. The fraction of sp³-hybridized carbons (Fsp3) is 0.0714. The molecule has 0 aliphatic carbocycles. The number of halogens is 2. The van der Waals surface area contributed by atoms with Crippen LogP contribution in [0.5, 0.6) is 0 Å². The van der Waals surface area contributed by atoms with E-state index in [9.17, 15) is 8.78 Å². The summed E-state index contributed by atoms with van der Waals surface area (Å²) in [4.78, 5) is 4.21. The zero-order valence-corrected chi connectivity index (χ0v) is 10.3. The minimum atomic E-state index is -0.594. The van der Waals surface area contributed by atoms with Crippen molar-refractivity contribution in [2.24, 2.45) is 0 Å². The van der Waals surface area contributed by atoms with Crippen molar-refractivity contribution in [3.63, 3.8) is 0 Å². The molecule has 102 valence electrons. The molecule has 1 aromatic carbocycles. The topological polar surface area (TPSA) is 63.5 Å². The summed E-state index contributed by atoms with van der Waals surface area (Å²) < 4.78 is 28.6. The van der Waals surface area contributed by atoms with Crippen LogP contribution in [0.25, 0.3) is 16.9 Å². The third-order valence-corrected chi connectivity index (χ3v) is 3.08. The summed E-state index contributed by atoms with van der Waals surface area (Å²) in [5.74, 6) is -0.961. The van der Waals surface area contributed by atoms with Gasteiger partial charge >= 0.3 is 0 Å². The summed E-state index contributed by atoms with van der Waals surface area (Å²) in [6.07, 6.45) is 1.61. The lowest BCUT2D eigenvalue weighted by Crippen LogP contribution is -1.97. The van der Waals surface area contributed by atoms with E-state index in [1.807, 2.05) is 0 Å². The van der Waals surface area contributed by atoms with Crippen LogP contribution in [-0.2, 0) is 6.61 Å². The van der Waals surface area contributed by atoms with Crippen LogP contribution in [0, 0.1) is 11.6 Å². The zero-order chi connectivity index (χ0) is 14.3. The molecule has 0 radical (unpaired) electrons. The number of anilines is 1. The Balaban J connectivity index is 2.26. The first kappa shape index (κ1) is 12.6. The van der Waals surface area contributed by atoms with Crippen LogP contribution in [0.2, 0.25) is 0 Å². The van der Waals surface area contributed by atoms with Crippen molar-refractivity contribution < 1.29 is 13.9 Å². The number of rotatable bonds is 2. The van der Waals surface area contributed by atoms with Crippen LogP contribution in [0.1, 0.15) is 5.56 Å². The van der Waals surface area contributed by atoms with Gasteiger partial charge in [0.1, 0.15) is 28.8 Å². The molecule has 6 heteroatoms. The standard InChI is InChI=1S/C14H11F2N3O/c15-9-2-3-11(16)10(5-9)13-14(17)19-6-8(7-20)1-4-12(19)18-13/h1-6,20H,7,17H2. The van der Waals surface area contributed by atoms with Gasteiger partial charge in [-0.2, -0.15) is 0 Å². The summed E-state index contributed by atoms with van der Waals surface area (Å²) in [5.41, 5.74) is 7.28. The molecule has 0 aliphatic heterocycles. The van der Waals surface area contributed by atoms with E-state index in [-0.39, 0.29) is 23.7 Å². The van der Waals surface area contributed by atoms with Crippen LogP contribution in [-0.4, -0.2) is 14.5 Å². The molecule has 3 rings (SSSR count). The van der Waals surface area contributed by atoms with Crippen molar-refractivity contribution in [2.45, 2.75) is 6.61 Å². The molecule has 0 fully saturated rings. The maximum absolute atomic E-state index is 13.8. The van der Waals surface area contributed by atoms with E-state index >= 15 is 0 Å². The van der Waals surface area contributed by atoms with Gasteiger partial charge in [0.15, 0.2) is 0 Å². The van der Waals surface area contributed by atoms with Gasteiger partial charge in [-0.3, -0.25) is 4.40 Å². The van der Waals surface area contributed by atoms with E-state index in [4.69, 9.17) is 10.8 Å². The molecule has 0 atom stereocenters. The number of hydrogen-bond acceptors (Lipinski definition) is 3. The maximum Gasteiger partial charge on any atom is 0.139 e. The number of nitrogens with zero attached hydrogens (tertiary/aromatic N) is 2. The third-order valence-electron chi connectivity index (χ3n) is 3.08. The number of nitrogens with two attached hydrogens (primary N) is 1. The highest BCUT2D eigenvalue weighted by atomic mass is 19.1. The van der Waals surface area contributed by atoms with E-state index in [0.29, 0.717) is 11.2 Å². The van der Waals surface area contributed by atoms with Gasteiger partial charge in [-0.15, -0.1) is 0 Å². The first-order valence-corrected chi connectivity index (χ1v) is 5.93. The first-order valence-electron chi connectivity index (χ1n) is 5.93. The summed E-state index contributed by atoms with van der Waals surface area (Å²) in [6, 6.07) is 6.47. The predicted octanol–water partition coefficient (Wildman–Crippen LogP) is 2.35. The van der Waals surface area contributed by atoms with Crippen molar-refractivity contribution in [3.8, 4) is 11.3 Å². The summed E-state index contributed by atoms with van der Waals surface area (Å²) in [5, 5.41) is 9.11. The molecular formula is C14H11F2N3O. The second-order valence-electron chi connectivity index (χ2n) is 4.39.